The highest BCUT2D eigenvalue weighted by Gasteiger charge is 2.52. The highest BCUT2D eigenvalue weighted by atomic mass is 32.1. The van der Waals surface area contributed by atoms with Crippen molar-refractivity contribution in [1.29, 1.82) is 0 Å². The predicted molar refractivity (Wildman–Crippen MR) is 70.1 cm³/mol. The normalized spacial score (nSPS) is 21.9. The molecule has 1 fully saturated rings. The standard InChI is InChI=1S/C12H22N2OS/c1-8(2)14(6-5-10(13)16)11(15)9-7-12(9,3)4/h8-9H,5-7H2,1-4H3,(H2,13,16). The predicted octanol–water partition coefficient (Wildman–Crippen LogP) is 1.95. The Morgan fingerprint density at radius 1 is 1.56 bits per heavy atom. The maximum absolute atomic E-state index is 12.2. The van der Waals surface area contributed by atoms with E-state index in [9.17, 15) is 4.79 Å². The van der Waals surface area contributed by atoms with Gasteiger partial charge in [0.15, 0.2) is 0 Å². The lowest BCUT2D eigenvalue weighted by atomic mass is 10.1. The lowest BCUT2D eigenvalue weighted by Gasteiger charge is -2.27. The van der Waals surface area contributed by atoms with Gasteiger partial charge in [0.2, 0.25) is 5.91 Å². The molecule has 0 aliphatic heterocycles. The summed E-state index contributed by atoms with van der Waals surface area (Å²) in [5.41, 5.74) is 5.67. The van der Waals surface area contributed by atoms with E-state index in [1.165, 1.54) is 0 Å². The molecular weight excluding hydrogens is 220 g/mol. The molecule has 1 atom stereocenters. The van der Waals surface area contributed by atoms with Gasteiger partial charge in [-0.15, -0.1) is 0 Å². The summed E-state index contributed by atoms with van der Waals surface area (Å²) in [6, 6.07) is 0.221. The lowest BCUT2D eigenvalue weighted by Crippen LogP contribution is -2.40. The number of carbonyl (C=O) groups is 1. The SMILES string of the molecule is CC(C)N(CCC(N)=S)C(=O)C1CC1(C)C. The van der Waals surface area contributed by atoms with Crippen LogP contribution in [0.15, 0.2) is 0 Å². The van der Waals surface area contributed by atoms with E-state index in [0.717, 1.165) is 6.42 Å². The Kier molecular flexibility index (Phi) is 3.94. The number of hydrogen-bond donors (Lipinski definition) is 1. The number of nitrogens with two attached hydrogens (primary N) is 1. The van der Waals surface area contributed by atoms with Crippen molar-refractivity contribution < 1.29 is 4.79 Å². The van der Waals surface area contributed by atoms with Gasteiger partial charge in [0.1, 0.15) is 0 Å². The monoisotopic (exact) mass is 242 g/mol. The second-order valence-electron chi connectivity index (χ2n) is 5.59. The Morgan fingerprint density at radius 3 is 2.38 bits per heavy atom. The second-order valence-corrected chi connectivity index (χ2v) is 6.11. The first-order valence-corrected chi connectivity index (χ1v) is 6.25. The first-order chi connectivity index (χ1) is 7.25. The molecule has 0 heterocycles. The van der Waals surface area contributed by atoms with Gasteiger partial charge in [-0.2, -0.15) is 0 Å². The van der Waals surface area contributed by atoms with Crippen LogP contribution in [0.1, 0.15) is 40.5 Å². The van der Waals surface area contributed by atoms with Gasteiger partial charge >= 0.3 is 0 Å². The fourth-order valence-corrected chi connectivity index (χ4v) is 2.03. The highest BCUT2D eigenvalue weighted by Crippen LogP contribution is 2.52. The minimum absolute atomic E-state index is 0.188. The van der Waals surface area contributed by atoms with Gasteiger partial charge in [0.25, 0.3) is 0 Å². The number of amides is 1. The third kappa shape index (κ3) is 3.17. The Hall–Kier alpha value is -0.640. The number of carbonyl (C=O) groups excluding carboxylic acids is 1. The fraction of sp³-hybridized carbons (Fsp3) is 0.833. The van der Waals surface area contributed by atoms with Crippen molar-refractivity contribution in [3.8, 4) is 0 Å². The smallest absolute Gasteiger partial charge is 0.226 e. The molecule has 92 valence electrons. The molecule has 3 nitrogen and oxygen atoms in total. The van der Waals surface area contributed by atoms with Crippen LogP contribution in [0, 0.1) is 11.3 Å². The van der Waals surface area contributed by atoms with E-state index in [1.807, 2.05) is 18.7 Å². The van der Waals surface area contributed by atoms with E-state index in [-0.39, 0.29) is 23.3 Å². The molecule has 0 aromatic heterocycles. The van der Waals surface area contributed by atoms with E-state index in [2.05, 4.69) is 13.8 Å². The van der Waals surface area contributed by atoms with E-state index >= 15 is 0 Å². The quantitative estimate of drug-likeness (QED) is 0.750. The van der Waals surface area contributed by atoms with Crippen LogP contribution in [0.5, 0.6) is 0 Å². The zero-order valence-corrected chi connectivity index (χ0v) is 11.4. The van der Waals surface area contributed by atoms with Crippen LogP contribution in [0.4, 0.5) is 0 Å². The molecule has 4 heteroatoms. The van der Waals surface area contributed by atoms with Crippen molar-refractivity contribution in [2.24, 2.45) is 17.1 Å². The first-order valence-electron chi connectivity index (χ1n) is 5.84. The molecule has 1 aliphatic carbocycles. The van der Waals surface area contributed by atoms with Crippen LogP contribution in [0.3, 0.4) is 0 Å². The average Bonchev–Trinajstić information content (AvgIpc) is 2.74. The summed E-state index contributed by atoms with van der Waals surface area (Å²) in [6.45, 7) is 9.00. The molecular formula is C12H22N2OS. The molecule has 1 rings (SSSR count). The molecule has 1 aliphatic rings. The zero-order chi connectivity index (χ0) is 12.5. The molecule has 16 heavy (non-hydrogen) atoms. The third-order valence-corrected chi connectivity index (χ3v) is 3.52. The minimum atomic E-state index is 0.188. The Bertz CT molecular complexity index is 299. The molecule has 2 N–H and O–H groups in total. The summed E-state index contributed by atoms with van der Waals surface area (Å²) in [6.07, 6.45) is 1.62. The van der Waals surface area contributed by atoms with Gasteiger partial charge < -0.3 is 10.6 Å². The van der Waals surface area contributed by atoms with Gasteiger partial charge in [-0.05, 0) is 25.7 Å². The van der Waals surface area contributed by atoms with Gasteiger partial charge in [-0.1, -0.05) is 26.1 Å². The Balaban J connectivity index is 2.57. The van der Waals surface area contributed by atoms with Crippen molar-refractivity contribution >= 4 is 23.1 Å². The summed E-state index contributed by atoms with van der Waals surface area (Å²) in [5.74, 6) is 0.456. The zero-order valence-electron chi connectivity index (χ0n) is 10.6. The largest absolute Gasteiger partial charge is 0.393 e. The first kappa shape index (κ1) is 13.4. The molecule has 1 saturated carbocycles. The Morgan fingerprint density at radius 2 is 2.06 bits per heavy atom. The fourth-order valence-electron chi connectivity index (χ4n) is 1.94. The van der Waals surface area contributed by atoms with Crippen molar-refractivity contribution in [3.05, 3.63) is 0 Å². The summed E-state index contributed by atoms with van der Waals surface area (Å²) in [5, 5.41) is 0. The summed E-state index contributed by atoms with van der Waals surface area (Å²) >= 11 is 4.85. The number of thiocarbonyl (C=S) groups is 1. The van der Waals surface area contributed by atoms with Crippen LogP contribution < -0.4 is 5.73 Å². The van der Waals surface area contributed by atoms with E-state index < -0.39 is 0 Å². The van der Waals surface area contributed by atoms with Gasteiger partial charge in [0, 0.05) is 24.9 Å². The summed E-state index contributed by atoms with van der Waals surface area (Å²) < 4.78 is 0. The van der Waals surface area contributed by atoms with Crippen molar-refractivity contribution in [1.82, 2.24) is 4.90 Å². The molecule has 0 aromatic rings. The van der Waals surface area contributed by atoms with Crippen LogP contribution in [-0.2, 0) is 4.79 Å². The molecule has 1 unspecified atom stereocenters. The number of hydrogen-bond acceptors (Lipinski definition) is 2. The van der Waals surface area contributed by atoms with Crippen LogP contribution in [-0.4, -0.2) is 28.4 Å². The second kappa shape index (κ2) is 4.70. The van der Waals surface area contributed by atoms with Crippen LogP contribution in [0.25, 0.3) is 0 Å². The Labute approximate surface area is 103 Å². The topological polar surface area (TPSA) is 46.3 Å². The van der Waals surface area contributed by atoms with Crippen molar-refractivity contribution in [2.45, 2.75) is 46.6 Å². The van der Waals surface area contributed by atoms with Crippen LogP contribution >= 0.6 is 12.2 Å². The number of nitrogens with zero attached hydrogens (tertiary/aromatic N) is 1. The molecule has 0 saturated heterocycles. The maximum atomic E-state index is 12.2. The van der Waals surface area contributed by atoms with E-state index in [4.69, 9.17) is 18.0 Å². The van der Waals surface area contributed by atoms with Crippen molar-refractivity contribution in [3.63, 3.8) is 0 Å². The molecule has 0 radical (unpaired) electrons. The summed E-state index contributed by atoms with van der Waals surface area (Å²) in [4.78, 5) is 14.6. The summed E-state index contributed by atoms with van der Waals surface area (Å²) in [7, 11) is 0. The van der Waals surface area contributed by atoms with Gasteiger partial charge in [-0.3, -0.25) is 4.79 Å². The lowest BCUT2D eigenvalue weighted by molar-refractivity contribution is -0.134. The molecule has 0 aromatic carbocycles. The van der Waals surface area contributed by atoms with E-state index in [1.54, 1.807) is 0 Å². The van der Waals surface area contributed by atoms with Gasteiger partial charge in [-0.25, -0.2) is 0 Å². The average molecular weight is 242 g/mol. The minimum Gasteiger partial charge on any atom is -0.393 e. The van der Waals surface area contributed by atoms with Gasteiger partial charge in [0.05, 0.1) is 4.99 Å². The van der Waals surface area contributed by atoms with Crippen LogP contribution in [0.2, 0.25) is 0 Å². The maximum Gasteiger partial charge on any atom is 0.226 e. The van der Waals surface area contributed by atoms with Crippen molar-refractivity contribution in [2.75, 3.05) is 6.54 Å². The highest BCUT2D eigenvalue weighted by molar-refractivity contribution is 7.80. The molecule has 0 spiro atoms. The molecule has 0 bridgehead atoms. The van der Waals surface area contributed by atoms with E-state index in [0.29, 0.717) is 18.0 Å². The third-order valence-electron chi connectivity index (χ3n) is 3.32. The molecule has 1 amide bonds. The number of rotatable bonds is 5.